The lowest BCUT2D eigenvalue weighted by Crippen LogP contribution is -2.19. The molecule has 156 valence electrons. The van der Waals surface area contributed by atoms with Gasteiger partial charge in [-0.25, -0.2) is 4.39 Å². The molecule has 0 bridgehead atoms. The number of thioether (sulfide) groups is 1. The molecule has 0 aliphatic rings. The quantitative estimate of drug-likeness (QED) is 0.380. The predicted octanol–water partition coefficient (Wildman–Crippen LogP) is 5.96. The average Bonchev–Trinajstić information content (AvgIpc) is 3.22. The summed E-state index contributed by atoms with van der Waals surface area (Å²) in [5.41, 5.74) is 4.34. The third-order valence-electron chi connectivity index (χ3n) is 4.55. The van der Waals surface area contributed by atoms with E-state index in [2.05, 4.69) is 21.6 Å². The molecular formula is C24H20FN3O2S. The first-order valence-electron chi connectivity index (χ1n) is 9.68. The molecule has 5 nitrogen and oxygen atoms in total. The molecule has 3 aromatic carbocycles. The summed E-state index contributed by atoms with van der Waals surface area (Å²) in [6.07, 6.45) is 0. The number of amides is 1. The molecular weight excluding hydrogens is 413 g/mol. The maximum atomic E-state index is 13.2. The molecule has 1 amide bonds. The minimum atomic E-state index is -0.626. The van der Waals surface area contributed by atoms with Crippen LogP contribution >= 0.6 is 11.8 Å². The van der Waals surface area contributed by atoms with Crippen molar-refractivity contribution < 1.29 is 13.6 Å². The van der Waals surface area contributed by atoms with Gasteiger partial charge in [-0.15, -0.1) is 10.2 Å². The van der Waals surface area contributed by atoms with Gasteiger partial charge in [0.2, 0.25) is 11.8 Å². The number of halogens is 1. The molecule has 0 spiro atoms. The molecule has 4 aromatic rings. The van der Waals surface area contributed by atoms with Crippen LogP contribution in [0.1, 0.15) is 21.9 Å². The Labute approximate surface area is 183 Å². The van der Waals surface area contributed by atoms with Gasteiger partial charge in [0, 0.05) is 11.3 Å². The predicted molar refractivity (Wildman–Crippen MR) is 119 cm³/mol. The van der Waals surface area contributed by atoms with Crippen LogP contribution in [0.25, 0.3) is 11.5 Å². The Morgan fingerprint density at radius 1 is 0.968 bits per heavy atom. The standard InChI is InChI=1S/C24H20FN3O2S/c1-15-12-16(2)14-18(13-15)23-27-28-24(30-23)31-21(17-6-4-3-5-7-17)22(29)26-20-10-8-19(25)9-11-20/h3-14,21H,1-2H3,(H,26,29)/t21-/m1/s1. The van der Waals surface area contributed by atoms with Crippen molar-refractivity contribution in [1.82, 2.24) is 10.2 Å². The number of benzene rings is 3. The van der Waals surface area contributed by atoms with Crippen LogP contribution in [-0.2, 0) is 4.79 Å². The lowest BCUT2D eigenvalue weighted by molar-refractivity contribution is -0.115. The highest BCUT2D eigenvalue weighted by atomic mass is 32.2. The maximum Gasteiger partial charge on any atom is 0.277 e. The topological polar surface area (TPSA) is 68.0 Å². The van der Waals surface area contributed by atoms with Crippen molar-refractivity contribution in [3.05, 3.63) is 95.3 Å². The number of carbonyl (C=O) groups excluding carboxylic acids is 1. The van der Waals surface area contributed by atoms with Gasteiger partial charge in [0.25, 0.3) is 5.22 Å². The summed E-state index contributed by atoms with van der Waals surface area (Å²) in [6, 6.07) is 21.0. The van der Waals surface area contributed by atoms with Crippen LogP contribution in [0.2, 0.25) is 0 Å². The molecule has 1 aromatic heterocycles. The molecule has 0 unspecified atom stereocenters. The van der Waals surface area contributed by atoms with Crippen molar-refractivity contribution in [2.45, 2.75) is 24.3 Å². The van der Waals surface area contributed by atoms with Gasteiger partial charge in [0.1, 0.15) is 11.1 Å². The average molecular weight is 434 g/mol. The minimum Gasteiger partial charge on any atom is -0.411 e. The van der Waals surface area contributed by atoms with Crippen molar-refractivity contribution in [2.24, 2.45) is 0 Å². The van der Waals surface area contributed by atoms with Crippen molar-refractivity contribution >= 4 is 23.4 Å². The van der Waals surface area contributed by atoms with E-state index >= 15 is 0 Å². The molecule has 0 radical (unpaired) electrons. The van der Waals surface area contributed by atoms with E-state index in [-0.39, 0.29) is 16.9 Å². The van der Waals surface area contributed by atoms with Crippen LogP contribution in [0.15, 0.2) is 82.4 Å². The molecule has 0 fully saturated rings. The second-order valence-corrected chi connectivity index (χ2v) is 8.21. The zero-order valence-electron chi connectivity index (χ0n) is 17.0. The fraction of sp³-hybridized carbons (Fsp3) is 0.125. The van der Waals surface area contributed by atoms with Gasteiger partial charge in [-0.05, 0) is 67.6 Å². The molecule has 4 rings (SSSR count). The molecule has 1 heterocycles. The highest BCUT2D eigenvalue weighted by molar-refractivity contribution is 8.00. The van der Waals surface area contributed by atoms with Crippen LogP contribution in [0.4, 0.5) is 10.1 Å². The second kappa shape index (κ2) is 9.14. The zero-order valence-corrected chi connectivity index (χ0v) is 17.8. The van der Waals surface area contributed by atoms with Crippen LogP contribution in [0, 0.1) is 19.7 Å². The fourth-order valence-electron chi connectivity index (χ4n) is 3.21. The Hall–Kier alpha value is -3.45. The summed E-state index contributed by atoms with van der Waals surface area (Å²) in [5, 5.41) is 10.8. The lowest BCUT2D eigenvalue weighted by Gasteiger charge is -2.15. The van der Waals surface area contributed by atoms with Crippen LogP contribution in [0.5, 0.6) is 0 Å². The summed E-state index contributed by atoms with van der Waals surface area (Å²) in [5.74, 6) is -0.231. The zero-order chi connectivity index (χ0) is 21.8. The van der Waals surface area contributed by atoms with E-state index in [1.807, 2.05) is 56.3 Å². The van der Waals surface area contributed by atoms with E-state index in [1.165, 1.54) is 36.0 Å². The smallest absolute Gasteiger partial charge is 0.277 e. The summed E-state index contributed by atoms with van der Waals surface area (Å²) in [6.45, 7) is 4.02. The molecule has 0 aliphatic heterocycles. The number of nitrogens with one attached hydrogen (secondary N) is 1. The first-order valence-corrected chi connectivity index (χ1v) is 10.6. The number of hydrogen-bond acceptors (Lipinski definition) is 5. The Morgan fingerprint density at radius 2 is 1.65 bits per heavy atom. The van der Waals surface area contributed by atoms with E-state index in [0.717, 1.165) is 22.3 Å². The van der Waals surface area contributed by atoms with E-state index in [4.69, 9.17) is 4.42 Å². The number of aryl methyl sites for hydroxylation is 2. The van der Waals surface area contributed by atoms with Gasteiger partial charge in [-0.2, -0.15) is 0 Å². The van der Waals surface area contributed by atoms with Crippen molar-refractivity contribution in [1.29, 1.82) is 0 Å². The van der Waals surface area contributed by atoms with E-state index < -0.39 is 5.25 Å². The summed E-state index contributed by atoms with van der Waals surface area (Å²) >= 11 is 1.17. The summed E-state index contributed by atoms with van der Waals surface area (Å²) in [4.78, 5) is 13.1. The Bertz CT molecular complexity index is 1170. The van der Waals surface area contributed by atoms with Gasteiger partial charge in [0.05, 0.1) is 0 Å². The lowest BCUT2D eigenvalue weighted by atomic mass is 10.1. The Morgan fingerprint density at radius 3 is 2.32 bits per heavy atom. The number of nitrogens with zero attached hydrogens (tertiary/aromatic N) is 2. The van der Waals surface area contributed by atoms with E-state index in [9.17, 15) is 9.18 Å². The first-order chi connectivity index (χ1) is 15.0. The monoisotopic (exact) mass is 433 g/mol. The molecule has 7 heteroatoms. The van der Waals surface area contributed by atoms with Crippen LogP contribution in [0.3, 0.4) is 0 Å². The van der Waals surface area contributed by atoms with Gasteiger partial charge >= 0.3 is 0 Å². The van der Waals surface area contributed by atoms with Gasteiger partial charge in [-0.3, -0.25) is 4.79 Å². The van der Waals surface area contributed by atoms with Gasteiger partial charge in [0.15, 0.2) is 0 Å². The third-order valence-corrected chi connectivity index (χ3v) is 5.63. The summed E-state index contributed by atoms with van der Waals surface area (Å²) in [7, 11) is 0. The Balaban J connectivity index is 1.59. The molecule has 0 aliphatic carbocycles. The van der Waals surface area contributed by atoms with Crippen LogP contribution < -0.4 is 5.32 Å². The highest BCUT2D eigenvalue weighted by Crippen LogP contribution is 2.36. The molecule has 31 heavy (non-hydrogen) atoms. The van der Waals surface area contributed by atoms with Crippen LogP contribution in [-0.4, -0.2) is 16.1 Å². The largest absolute Gasteiger partial charge is 0.411 e. The minimum absolute atomic E-state index is 0.269. The van der Waals surface area contributed by atoms with Crippen molar-refractivity contribution in [3.8, 4) is 11.5 Å². The highest BCUT2D eigenvalue weighted by Gasteiger charge is 2.25. The fourth-order valence-corrected chi connectivity index (χ4v) is 4.09. The SMILES string of the molecule is Cc1cc(C)cc(-c2nnc(S[C@@H](C(=O)Nc3ccc(F)cc3)c3ccccc3)o2)c1. The number of aromatic nitrogens is 2. The molecule has 1 atom stereocenters. The van der Waals surface area contributed by atoms with E-state index in [1.54, 1.807) is 0 Å². The Kier molecular flexibility index (Phi) is 6.13. The number of carbonyl (C=O) groups is 1. The second-order valence-electron chi connectivity index (χ2n) is 7.15. The van der Waals surface area contributed by atoms with Crippen molar-refractivity contribution in [3.63, 3.8) is 0 Å². The number of rotatable bonds is 6. The molecule has 0 saturated carbocycles. The summed E-state index contributed by atoms with van der Waals surface area (Å²) < 4.78 is 19.0. The third kappa shape index (κ3) is 5.19. The molecule has 1 N–H and O–H groups in total. The molecule has 0 saturated heterocycles. The van der Waals surface area contributed by atoms with E-state index in [0.29, 0.717) is 11.6 Å². The normalized spacial score (nSPS) is 11.8. The van der Waals surface area contributed by atoms with Gasteiger partial charge in [-0.1, -0.05) is 47.5 Å². The number of anilines is 1. The number of hydrogen-bond donors (Lipinski definition) is 1. The maximum absolute atomic E-state index is 13.2. The van der Waals surface area contributed by atoms with Crippen molar-refractivity contribution in [2.75, 3.05) is 5.32 Å². The first kappa shape index (κ1) is 20.8. The van der Waals surface area contributed by atoms with Gasteiger partial charge < -0.3 is 9.73 Å².